The summed E-state index contributed by atoms with van der Waals surface area (Å²) in [6.45, 7) is 1.20. The van der Waals surface area contributed by atoms with E-state index in [0.717, 1.165) is 5.56 Å². The zero-order valence-electron chi connectivity index (χ0n) is 15.8. The Morgan fingerprint density at radius 2 is 1.86 bits per heavy atom. The van der Waals surface area contributed by atoms with Gasteiger partial charge < -0.3 is 19.8 Å². The van der Waals surface area contributed by atoms with Crippen molar-refractivity contribution in [2.45, 2.75) is 12.5 Å². The van der Waals surface area contributed by atoms with Crippen LogP contribution in [-0.2, 0) is 0 Å². The molecule has 0 spiro atoms. The number of aromatic nitrogens is 1. The highest BCUT2D eigenvalue weighted by atomic mass is 35.5. The minimum absolute atomic E-state index is 0.0617. The SMILES string of the molecule is COc1ccc(-c2cc(-c3c(Cl)cccc3Cl)cc(N3CCC(O)C3)n2)c(O)c1. The second kappa shape index (κ2) is 8.11. The van der Waals surface area contributed by atoms with Crippen LogP contribution < -0.4 is 9.64 Å². The van der Waals surface area contributed by atoms with Crippen LogP contribution in [0.15, 0.2) is 48.5 Å². The number of methoxy groups -OCH3 is 1. The van der Waals surface area contributed by atoms with Crippen molar-refractivity contribution >= 4 is 29.0 Å². The van der Waals surface area contributed by atoms with E-state index in [9.17, 15) is 10.2 Å². The van der Waals surface area contributed by atoms with Gasteiger partial charge in [-0.15, -0.1) is 0 Å². The first-order chi connectivity index (χ1) is 14.0. The van der Waals surface area contributed by atoms with Crippen molar-refractivity contribution in [3.05, 3.63) is 58.6 Å². The van der Waals surface area contributed by atoms with Crippen molar-refractivity contribution < 1.29 is 14.9 Å². The Morgan fingerprint density at radius 1 is 1.10 bits per heavy atom. The average Bonchev–Trinajstić information content (AvgIpc) is 3.14. The number of phenols is 1. The molecule has 1 fully saturated rings. The third kappa shape index (κ3) is 3.99. The normalized spacial score (nSPS) is 16.3. The number of hydrogen-bond acceptors (Lipinski definition) is 5. The summed E-state index contributed by atoms with van der Waals surface area (Å²) in [5.74, 6) is 1.31. The van der Waals surface area contributed by atoms with E-state index in [4.69, 9.17) is 32.9 Å². The van der Waals surface area contributed by atoms with Gasteiger partial charge in [0.05, 0.1) is 18.9 Å². The van der Waals surface area contributed by atoms with Gasteiger partial charge in [0.2, 0.25) is 0 Å². The Hall–Kier alpha value is -2.47. The first kappa shape index (κ1) is 19.8. The highest BCUT2D eigenvalue weighted by Gasteiger charge is 2.23. The van der Waals surface area contributed by atoms with Gasteiger partial charge in [-0.25, -0.2) is 4.98 Å². The Balaban J connectivity index is 1.89. The van der Waals surface area contributed by atoms with Gasteiger partial charge in [-0.2, -0.15) is 0 Å². The fourth-order valence-electron chi connectivity index (χ4n) is 3.54. The fraction of sp³-hybridized carbons (Fsp3) is 0.227. The highest BCUT2D eigenvalue weighted by molar-refractivity contribution is 6.39. The first-order valence-electron chi connectivity index (χ1n) is 9.23. The lowest BCUT2D eigenvalue weighted by atomic mass is 10.0. The van der Waals surface area contributed by atoms with Crippen molar-refractivity contribution in [2.75, 3.05) is 25.1 Å². The van der Waals surface area contributed by atoms with Crippen molar-refractivity contribution in [3.63, 3.8) is 0 Å². The standard InChI is InChI=1S/C22H20Cl2N2O3/c1-29-15-5-6-16(20(28)11-15)19-9-13(22-17(23)3-2-4-18(22)24)10-21(25-19)26-8-7-14(27)12-26/h2-6,9-11,14,27-28H,7-8,12H2,1H3. The number of benzene rings is 2. The smallest absolute Gasteiger partial charge is 0.129 e. The molecule has 0 bridgehead atoms. The number of halogens is 2. The molecule has 1 aliphatic rings. The summed E-state index contributed by atoms with van der Waals surface area (Å²) in [4.78, 5) is 6.77. The molecule has 0 aliphatic carbocycles. The minimum atomic E-state index is -0.387. The summed E-state index contributed by atoms with van der Waals surface area (Å²) < 4.78 is 5.18. The van der Waals surface area contributed by atoms with Crippen LogP contribution in [0.3, 0.4) is 0 Å². The lowest BCUT2D eigenvalue weighted by molar-refractivity contribution is 0.198. The molecule has 1 saturated heterocycles. The van der Waals surface area contributed by atoms with Gasteiger partial charge in [-0.1, -0.05) is 29.3 Å². The van der Waals surface area contributed by atoms with E-state index in [2.05, 4.69) is 0 Å². The summed E-state index contributed by atoms with van der Waals surface area (Å²) in [7, 11) is 1.55. The Labute approximate surface area is 179 Å². The number of ether oxygens (including phenoxy) is 1. The number of anilines is 1. The highest BCUT2D eigenvalue weighted by Crippen LogP contribution is 2.40. The van der Waals surface area contributed by atoms with Crippen LogP contribution in [0.25, 0.3) is 22.4 Å². The van der Waals surface area contributed by atoms with Crippen LogP contribution in [0, 0.1) is 0 Å². The van der Waals surface area contributed by atoms with Gasteiger partial charge in [0, 0.05) is 40.3 Å². The number of aromatic hydroxyl groups is 1. The van der Waals surface area contributed by atoms with E-state index in [1.165, 1.54) is 0 Å². The monoisotopic (exact) mass is 430 g/mol. The summed E-state index contributed by atoms with van der Waals surface area (Å²) in [6.07, 6.45) is 0.296. The van der Waals surface area contributed by atoms with Gasteiger partial charge in [0.1, 0.15) is 17.3 Å². The first-order valence-corrected chi connectivity index (χ1v) is 9.98. The molecule has 0 saturated carbocycles. The maximum Gasteiger partial charge on any atom is 0.129 e. The second-order valence-electron chi connectivity index (χ2n) is 6.97. The number of aliphatic hydroxyl groups is 1. The second-order valence-corrected chi connectivity index (χ2v) is 7.78. The molecular formula is C22H20Cl2N2O3. The van der Waals surface area contributed by atoms with Crippen LogP contribution in [0.5, 0.6) is 11.5 Å². The van der Waals surface area contributed by atoms with E-state index < -0.39 is 0 Å². The van der Waals surface area contributed by atoms with Crippen LogP contribution in [0.2, 0.25) is 10.0 Å². The number of β-amino-alcohol motifs (C(OH)–C–C–N with tert-alkyl or cyclic N) is 1. The maximum atomic E-state index is 10.5. The molecule has 7 heteroatoms. The van der Waals surface area contributed by atoms with Gasteiger partial charge in [-0.3, -0.25) is 0 Å². The number of aliphatic hydroxyl groups excluding tert-OH is 1. The topological polar surface area (TPSA) is 65.8 Å². The number of rotatable bonds is 4. The van der Waals surface area contributed by atoms with Crippen LogP contribution in [-0.4, -0.2) is 41.5 Å². The molecule has 1 atom stereocenters. The summed E-state index contributed by atoms with van der Waals surface area (Å²) in [5.41, 5.74) is 2.64. The molecule has 2 aromatic carbocycles. The van der Waals surface area contributed by atoms with Crippen LogP contribution >= 0.6 is 23.2 Å². The third-order valence-electron chi connectivity index (χ3n) is 5.03. The number of nitrogens with zero attached hydrogens (tertiary/aromatic N) is 2. The Kier molecular flexibility index (Phi) is 5.54. The van der Waals surface area contributed by atoms with E-state index in [1.54, 1.807) is 43.5 Å². The van der Waals surface area contributed by atoms with Crippen molar-refractivity contribution in [1.29, 1.82) is 0 Å². The van der Waals surface area contributed by atoms with Crippen molar-refractivity contribution in [2.24, 2.45) is 0 Å². The minimum Gasteiger partial charge on any atom is -0.507 e. The number of pyridine rings is 1. The van der Waals surface area contributed by atoms with Crippen molar-refractivity contribution in [3.8, 4) is 33.9 Å². The zero-order valence-corrected chi connectivity index (χ0v) is 17.3. The largest absolute Gasteiger partial charge is 0.507 e. The quantitative estimate of drug-likeness (QED) is 0.608. The van der Waals surface area contributed by atoms with Gasteiger partial charge in [-0.05, 0) is 48.4 Å². The molecule has 2 N–H and O–H groups in total. The van der Waals surface area contributed by atoms with Crippen LogP contribution in [0.1, 0.15) is 6.42 Å². The molecule has 1 unspecified atom stereocenters. The Bertz CT molecular complexity index is 1040. The molecule has 29 heavy (non-hydrogen) atoms. The van der Waals surface area contributed by atoms with E-state index >= 15 is 0 Å². The molecule has 5 nitrogen and oxygen atoms in total. The predicted octanol–water partition coefficient (Wildman–Crippen LogP) is 5.01. The zero-order chi connectivity index (χ0) is 20.5. The van der Waals surface area contributed by atoms with Gasteiger partial charge >= 0.3 is 0 Å². The Morgan fingerprint density at radius 3 is 2.48 bits per heavy atom. The molecular weight excluding hydrogens is 411 g/mol. The molecule has 2 heterocycles. The van der Waals surface area contributed by atoms with E-state index in [-0.39, 0.29) is 11.9 Å². The average molecular weight is 431 g/mol. The lowest BCUT2D eigenvalue weighted by Gasteiger charge is -2.20. The molecule has 0 radical (unpaired) electrons. The molecule has 3 aromatic rings. The maximum absolute atomic E-state index is 10.5. The molecule has 150 valence electrons. The fourth-order valence-corrected chi connectivity index (χ4v) is 4.15. The lowest BCUT2D eigenvalue weighted by Crippen LogP contribution is -2.22. The number of hydrogen-bond donors (Lipinski definition) is 2. The van der Waals surface area contributed by atoms with Gasteiger partial charge in [0.15, 0.2) is 0 Å². The summed E-state index contributed by atoms with van der Waals surface area (Å²) >= 11 is 12.9. The molecule has 0 amide bonds. The van der Waals surface area contributed by atoms with E-state index in [0.29, 0.717) is 57.9 Å². The molecule has 1 aromatic heterocycles. The van der Waals surface area contributed by atoms with Gasteiger partial charge in [0.25, 0.3) is 0 Å². The third-order valence-corrected chi connectivity index (χ3v) is 5.66. The molecule has 4 rings (SSSR count). The van der Waals surface area contributed by atoms with Crippen molar-refractivity contribution in [1.82, 2.24) is 4.98 Å². The summed E-state index contributed by atoms with van der Waals surface area (Å²) in [5, 5.41) is 21.5. The summed E-state index contributed by atoms with van der Waals surface area (Å²) in [6, 6.07) is 14.2. The molecule has 1 aliphatic heterocycles. The number of phenolic OH excluding ortho intramolecular Hbond substituents is 1. The van der Waals surface area contributed by atoms with Crippen LogP contribution in [0.4, 0.5) is 5.82 Å². The predicted molar refractivity (Wildman–Crippen MR) is 116 cm³/mol. The van der Waals surface area contributed by atoms with E-state index in [1.807, 2.05) is 17.0 Å².